The number of primary amides is 1. The number of carbonyl (C=O) groups excluding carboxylic acids is 1. The van der Waals surface area contributed by atoms with Crippen molar-refractivity contribution in [2.45, 2.75) is 57.9 Å². The first-order valence-electron chi connectivity index (χ1n) is 7.35. The van der Waals surface area contributed by atoms with Crippen molar-refractivity contribution in [2.75, 3.05) is 19.6 Å². The molecule has 1 saturated carbocycles. The van der Waals surface area contributed by atoms with E-state index >= 15 is 0 Å². The zero-order chi connectivity index (χ0) is 13.6. The molecular formula is C14H29N3O. The van der Waals surface area contributed by atoms with Crippen LogP contribution in [0.3, 0.4) is 0 Å². The molecule has 0 saturated heterocycles. The van der Waals surface area contributed by atoms with E-state index in [-0.39, 0.29) is 11.8 Å². The Hall–Kier alpha value is -0.610. The van der Waals surface area contributed by atoms with Crippen molar-refractivity contribution in [1.82, 2.24) is 4.90 Å². The van der Waals surface area contributed by atoms with Gasteiger partial charge >= 0.3 is 0 Å². The Morgan fingerprint density at radius 1 is 1.39 bits per heavy atom. The van der Waals surface area contributed by atoms with Gasteiger partial charge in [-0.15, -0.1) is 0 Å². The van der Waals surface area contributed by atoms with E-state index in [1.165, 1.54) is 12.8 Å². The molecule has 4 nitrogen and oxygen atoms in total. The minimum absolute atomic E-state index is 0.269. The van der Waals surface area contributed by atoms with Gasteiger partial charge in [0.05, 0.1) is 5.54 Å². The van der Waals surface area contributed by atoms with E-state index in [0.29, 0.717) is 0 Å². The smallest absolute Gasteiger partial charge is 0.237 e. The van der Waals surface area contributed by atoms with Crippen LogP contribution < -0.4 is 11.5 Å². The summed E-state index contributed by atoms with van der Waals surface area (Å²) >= 11 is 0. The van der Waals surface area contributed by atoms with Crippen LogP contribution in [0.2, 0.25) is 0 Å². The van der Waals surface area contributed by atoms with Crippen LogP contribution in [0.5, 0.6) is 0 Å². The summed E-state index contributed by atoms with van der Waals surface area (Å²) in [6.07, 6.45) is 6.30. The maximum atomic E-state index is 11.5. The van der Waals surface area contributed by atoms with Gasteiger partial charge in [-0.25, -0.2) is 0 Å². The van der Waals surface area contributed by atoms with Gasteiger partial charge in [0.1, 0.15) is 0 Å². The molecule has 0 aromatic rings. The van der Waals surface area contributed by atoms with Crippen LogP contribution in [0, 0.1) is 5.92 Å². The maximum Gasteiger partial charge on any atom is 0.237 e. The molecule has 2 unspecified atom stereocenters. The average Bonchev–Trinajstić information content (AvgIpc) is 2.73. The van der Waals surface area contributed by atoms with Crippen molar-refractivity contribution >= 4 is 5.91 Å². The Morgan fingerprint density at radius 3 is 2.67 bits per heavy atom. The lowest BCUT2D eigenvalue weighted by molar-refractivity contribution is -0.124. The number of nitrogens with zero attached hydrogens (tertiary/aromatic N) is 1. The highest BCUT2D eigenvalue weighted by Gasteiger charge is 2.43. The van der Waals surface area contributed by atoms with Gasteiger partial charge in [0.15, 0.2) is 0 Å². The highest BCUT2D eigenvalue weighted by atomic mass is 16.1. The van der Waals surface area contributed by atoms with Gasteiger partial charge in [-0.2, -0.15) is 0 Å². The predicted octanol–water partition coefficient (Wildman–Crippen LogP) is 1.48. The topological polar surface area (TPSA) is 72.3 Å². The zero-order valence-corrected chi connectivity index (χ0v) is 12.0. The summed E-state index contributed by atoms with van der Waals surface area (Å²) in [4.78, 5) is 14.0. The highest BCUT2D eigenvalue weighted by Crippen LogP contribution is 2.35. The molecule has 0 aliphatic heterocycles. The van der Waals surface area contributed by atoms with E-state index in [0.717, 1.165) is 45.3 Å². The molecule has 1 aliphatic carbocycles. The van der Waals surface area contributed by atoms with Gasteiger partial charge in [-0.3, -0.25) is 4.79 Å². The number of hydrogen-bond acceptors (Lipinski definition) is 3. The SMILES string of the molecule is CCCCN(CC)CCC1CCCC1(N)C(N)=O. The highest BCUT2D eigenvalue weighted by molar-refractivity contribution is 5.85. The van der Waals surface area contributed by atoms with E-state index in [9.17, 15) is 4.79 Å². The molecule has 4 heteroatoms. The van der Waals surface area contributed by atoms with Crippen molar-refractivity contribution in [3.05, 3.63) is 0 Å². The van der Waals surface area contributed by atoms with Gasteiger partial charge in [-0.05, 0) is 51.2 Å². The summed E-state index contributed by atoms with van der Waals surface area (Å²) in [5.41, 5.74) is 10.9. The first-order valence-corrected chi connectivity index (χ1v) is 7.35. The first-order chi connectivity index (χ1) is 8.54. The van der Waals surface area contributed by atoms with Crippen LogP contribution in [-0.4, -0.2) is 36.0 Å². The quantitative estimate of drug-likeness (QED) is 0.690. The Morgan fingerprint density at radius 2 is 2.11 bits per heavy atom. The van der Waals surface area contributed by atoms with Crippen molar-refractivity contribution in [1.29, 1.82) is 0 Å². The van der Waals surface area contributed by atoms with Crippen LogP contribution >= 0.6 is 0 Å². The number of unbranched alkanes of at least 4 members (excludes halogenated alkanes) is 1. The molecule has 0 spiro atoms. The molecular weight excluding hydrogens is 226 g/mol. The summed E-state index contributed by atoms with van der Waals surface area (Å²) in [5, 5.41) is 0. The second-order valence-corrected chi connectivity index (χ2v) is 5.57. The molecule has 0 aromatic heterocycles. The van der Waals surface area contributed by atoms with Gasteiger partial charge in [0, 0.05) is 0 Å². The molecule has 0 bridgehead atoms. The standard InChI is InChI=1S/C14H29N3O/c1-3-5-10-17(4-2)11-8-12-7-6-9-14(12,16)13(15)18/h12H,3-11,16H2,1-2H3,(H2,15,18). The molecule has 0 heterocycles. The molecule has 106 valence electrons. The molecule has 1 amide bonds. The summed E-state index contributed by atoms with van der Waals surface area (Å²) in [6.45, 7) is 7.65. The summed E-state index contributed by atoms with van der Waals surface area (Å²) < 4.78 is 0. The Kier molecular flexibility index (Phi) is 6.09. The average molecular weight is 255 g/mol. The minimum Gasteiger partial charge on any atom is -0.368 e. The van der Waals surface area contributed by atoms with Crippen LogP contribution in [0.1, 0.15) is 52.4 Å². The van der Waals surface area contributed by atoms with E-state index < -0.39 is 5.54 Å². The largest absolute Gasteiger partial charge is 0.368 e. The van der Waals surface area contributed by atoms with Gasteiger partial charge in [-0.1, -0.05) is 26.7 Å². The number of hydrogen-bond donors (Lipinski definition) is 2. The van der Waals surface area contributed by atoms with Gasteiger partial charge < -0.3 is 16.4 Å². The number of amides is 1. The van der Waals surface area contributed by atoms with Crippen molar-refractivity contribution in [3.8, 4) is 0 Å². The van der Waals surface area contributed by atoms with Crippen LogP contribution in [0.25, 0.3) is 0 Å². The third kappa shape index (κ3) is 3.69. The lowest BCUT2D eigenvalue weighted by Gasteiger charge is -2.30. The van der Waals surface area contributed by atoms with Crippen LogP contribution in [-0.2, 0) is 4.79 Å². The number of carbonyl (C=O) groups is 1. The van der Waals surface area contributed by atoms with E-state index in [4.69, 9.17) is 11.5 Å². The first kappa shape index (κ1) is 15.4. The fourth-order valence-electron chi connectivity index (χ4n) is 2.98. The molecule has 0 radical (unpaired) electrons. The zero-order valence-electron chi connectivity index (χ0n) is 12.0. The summed E-state index contributed by atoms with van der Waals surface area (Å²) in [5.74, 6) is -0.0488. The third-order valence-corrected chi connectivity index (χ3v) is 4.40. The maximum absolute atomic E-state index is 11.5. The lowest BCUT2D eigenvalue weighted by Crippen LogP contribution is -2.55. The molecule has 1 aliphatic rings. The minimum atomic E-state index is -0.746. The van der Waals surface area contributed by atoms with Crippen molar-refractivity contribution < 1.29 is 4.79 Å². The number of rotatable bonds is 8. The van der Waals surface area contributed by atoms with Gasteiger partial charge in [0.2, 0.25) is 5.91 Å². The molecule has 1 rings (SSSR count). The Balaban J connectivity index is 2.44. The molecule has 0 aromatic carbocycles. The monoisotopic (exact) mass is 255 g/mol. The van der Waals surface area contributed by atoms with Crippen LogP contribution in [0.4, 0.5) is 0 Å². The molecule has 1 fully saturated rings. The second-order valence-electron chi connectivity index (χ2n) is 5.57. The van der Waals surface area contributed by atoms with E-state index in [1.54, 1.807) is 0 Å². The normalized spacial score (nSPS) is 27.9. The lowest BCUT2D eigenvalue weighted by atomic mass is 9.85. The van der Waals surface area contributed by atoms with E-state index in [1.807, 2.05) is 0 Å². The molecule has 2 atom stereocenters. The fourth-order valence-corrected chi connectivity index (χ4v) is 2.98. The Labute approximate surface area is 111 Å². The predicted molar refractivity (Wildman–Crippen MR) is 75.1 cm³/mol. The number of nitrogens with two attached hydrogens (primary N) is 2. The molecule has 18 heavy (non-hydrogen) atoms. The Bertz CT molecular complexity index is 270. The van der Waals surface area contributed by atoms with E-state index in [2.05, 4.69) is 18.7 Å². The molecule has 4 N–H and O–H groups in total. The van der Waals surface area contributed by atoms with Crippen molar-refractivity contribution in [2.24, 2.45) is 17.4 Å². The van der Waals surface area contributed by atoms with Crippen LogP contribution in [0.15, 0.2) is 0 Å². The summed E-state index contributed by atoms with van der Waals surface area (Å²) in [6, 6.07) is 0. The second kappa shape index (κ2) is 7.10. The third-order valence-electron chi connectivity index (χ3n) is 4.40. The fraction of sp³-hybridized carbons (Fsp3) is 0.929. The van der Waals surface area contributed by atoms with Gasteiger partial charge in [0.25, 0.3) is 0 Å². The van der Waals surface area contributed by atoms with Crippen molar-refractivity contribution in [3.63, 3.8) is 0 Å². The summed E-state index contributed by atoms with van der Waals surface area (Å²) in [7, 11) is 0.